The van der Waals surface area contributed by atoms with Crippen molar-refractivity contribution < 1.29 is 14.0 Å². The van der Waals surface area contributed by atoms with Gasteiger partial charge in [-0.3, -0.25) is 14.9 Å². The summed E-state index contributed by atoms with van der Waals surface area (Å²) < 4.78 is 5.20. The third-order valence-corrected chi connectivity index (χ3v) is 4.80. The monoisotopic (exact) mass is 404 g/mol. The van der Waals surface area contributed by atoms with E-state index in [0.717, 1.165) is 16.3 Å². The van der Waals surface area contributed by atoms with Crippen LogP contribution < -0.4 is 10.6 Å². The summed E-state index contributed by atoms with van der Waals surface area (Å²) in [6, 6.07) is 16.0. The van der Waals surface area contributed by atoms with Crippen molar-refractivity contribution in [3.8, 4) is 11.3 Å². The average Bonchev–Trinajstić information content (AvgIpc) is 3.38. The smallest absolute Gasteiger partial charge is 0.302 e. The van der Waals surface area contributed by atoms with E-state index in [9.17, 15) is 9.59 Å². The van der Waals surface area contributed by atoms with Crippen LogP contribution in [0.1, 0.15) is 25.9 Å². The van der Waals surface area contributed by atoms with Gasteiger partial charge in [0.15, 0.2) is 5.69 Å². The summed E-state index contributed by atoms with van der Waals surface area (Å²) in [6.45, 7) is 1.94. The second-order valence-corrected chi connectivity index (χ2v) is 7.21. The number of carbonyl (C=O) groups is 2. The Morgan fingerprint density at radius 2 is 1.79 bits per heavy atom. The molecule has 0 unspecified atom stereocenters. The number of rotatable bonds is 5. The molecule has 4 aromatic rings. The van der Waals surface area contributed by atoms with Crippen molar-refractivity contribution >= 4 is 34.9 Å². The molecule has 0 saturated carbocycles. The van der Waals surface area contributed by atoms with Crippen LogP contribution >= 0.6 is 11.3 Å². The lowest BCUT2D eigenvalue weighted by atomic mass is 10.1. The highest BCUT2D eigenvalue weighted by molar-refractivity contribution is 7.09. The molecule has 0 aliphatic rings. The van der Waals surface area contributed by atoms with Crippen LogP contribution in [0, 0.1) is 6.92 Å². The van der Waals surface area contributed by atoms with Gasteiger partial charge < -0.3 is 9.73 Å². The standard InChI is InChI=1S/C21H16N4O3S/c1-13-22-18(12-29-13)15-8-5-9-16(10-15)23-20(27)17-11-28-21(24-17)25-19(26)14-6-3-2-4-7-14/h2-12H,1H3,(H,23,27)(H,24,25,26). The van der Waals surface area contributed by atoms with Gasteiger partial charge in [0.1, 0.15) is 6.26 Å². The van der Waals surface area contributed by atoms with E-state index < -0.39 is 5.91 Å². The number of anilines is 2. The van der Waals surface area contributed by atoms with E-state index in [-0.39, 0.29) is 17.6 Å². The summed E-state index contributed by atoms with van der Waals surface area (Å²) >= 11 is 1.57. The SMILES string of the molecule is Cc1nc(-c2cccc(NC(=O)c3coc(NC(=O)c4ccccc4)n3)c2)cs1. The Morgan fingerprint density at radius 1 is 0.966 bits per heavy atom. The minimum Gasteiger partial charge on any atom is -0.431 e. The predicted molar refractivity (Wildman–Crippen MR) is 111 cm³/mol. The van der Waals surface area contributed by atoms with Crippen molar-refractivity contribution in [1.82, 2.24) is 9.97 Å². The van der Waals surface area contributed by atoms with Crippen LogP contribution in [0.25, 0.3) is 11.3 Å². The Labute approximate surface area is 170 Å². The molecule has 0 bridgehead atoms. The van der Waals surface area contributed by atoms with Gasteiger partial charge in [-0.1, -0.05) is 30.3 Å². The first kappa shape index (κ1) is 18.6. The zero-order valence-electron chi connectivity index (χ0n) is 15.4. The summed E-state index contributed by atoms with van der Waals surface area (Å²) in [6.07, 6.45) is 1.20. The minimum atomic E-state index is -0.444. The van der Waals surface area contributed by atoms with Crippen LogP contribution in [0.3, 0.4) is 0 Å². The maximum Gasteiger partial charge on any atom is 0.302 e. The molecule has 7 nitrogen and oxygen atoms in total. The summed E-state index contributed by atoms with van der Waals surface area (Å²) in [7, 11) is 0. The lowest BCUT2D eigenvalue weighted by Crippen LogP contribution is -2.14. The van der Waals surface area contributed by atoms with Crippen molar-refractivity contribution in [2.75, 3.05) is 10.6 Å². The van der Waals surface area contributed by atoms with Gasteiger partial charge in [0, 0.05) is 22.2 Å². The van der Waals surface area contributed by atoms with Gasteiger partial charge in [-0.25, -0.2) is 4.98 Å². The molecule has 2 aromatic heterocycles. The first-order valence-electron chi connectivity index (χ1n) is 8.74. The number of thiazole rings is 1. The van der Waals surface area contributed by atoms with Gasteiger partial charge in [0.05, 0.1) is 10.7 Å². The quantitative estimate of drug-likeness (QED) is 0.506. The van der Waals surface area contributed by atoms with Gasteiger partial charge in [0.25, 0.3) is 11.8 Å². The molecule has 2 aromatic carbocycles. The normalized spacial score (nSPS) is 10.5. The maximum absolute atomic E-state index is 12.5. The molecule has 29 heavy (non-hydrogen) atoms. The van der Waals surface area contributed by atoms with Crippen LogP contribution in [-0.4, -0.2) is 21.8 Å². The van der Waals surface area contributed by atoms with E-state index in [1.54, 1.807) is 41.7 Å². The number of oxazole rings is 1. The second kappa shape index (κ2) is 8.07. The number of aryl methyl sites for hydroxylation is 1. The topological polar surface area (TPSA) is 97.1 Å². The van der Waals surface area contributed by atoms with E-state index in [1.807, 2.05) is 36.6 Å². The zero-order chi connectivity index (χ0) is 20.2. The second-order valence-electron chi connectivity index (χ2n) is 6.14. The van der Waals surface area contributed by atoms with E-state index >= 15 is 0 Å². The van der Waals surface area contributed by atoms with Crippen LogP contribution in [0.5, 0.6) is 0 Å². The highest BCUT2D eigenvalue weighted by Gasteiger charge is 2.15. The largest absolute Gasteiger partial charge is 0.431 e. The number of amides is 2. The molecule has 0 fully saturated rings. The Morgan fingerprint density at radius 3 is 2.55 bits per heavy atom. The lowest BCUT2D eigenvalue weighted by Gasteiger charge is -2.05. The van der Waals surface area contributed by atoms with E-state index in [1.165, 1.54) is 6.26 Å². The van der Waals surface area contributed by atoms with E-state index in [2.05, 4.69) is 20.6 Å². The van der Waals surface area contributed by atoms with Crippen molar-refractivity contribution in [1.29, 1.82) is 0 Å². The molecular weight excluding hydrogens is 388 g/mol. The van der Waals surface area contributed by atoms with Crippen LogP contribution in [0.2, 0.25) is 0 Å². The molecule has 0 spiro atoms. The number of benzene rings is 2. The van der Waals surface area contributed by atoms with Crippen molar-refractivity contribution in [2.24, 2.45) is 0 Å². The average molecular weight is 404 g/mol. The van der Waals surface area contributed by atoms with Crippen molar-refractivity contribution in [3.05, 3.63) is 82.5 Å². The highest BCUT2D eigenvalue weighted by atomic mass is 32.1. The van der Waals surface area contributed by atoms with Gasteiger partial charge in [-0.15, -0.1) is 11.3 Å². The van der Waals surface area contributed by atoms with Crippen LogP contribution in [0.15, 0.2) is 70.7 Å². The maximum atomic E-state index is 12.5. The zero-order valence-corrected chi connectivity index (χ0v) is 16.2. The third-order valence-electron chi connectivity index (χ3n) is 4.03. The molecular formula is C21H16N4O3S. The van der Waals surface area contributed by atoms with Gasteiger partial charge in [-0.05, 0) is 31.2 Å². The van der Waals surface area contributed by atoms with Crippen LogP contribution in [0.4, 0.5) is 11.7 Å². The molecule has 4 rings (SSSR count). The van der Waals surface area contributed by atoms with Crippen molar-refractivity contribution in [2.45, 2.75) is 6.92 Å². The Hall–Kier alpha value is -3.78. The summed E-state index contributed by atoms with van der Waals surface area (Å²) in [4.78, 5) is 33.1. The minimum absolute atomic E-state index is 0.0456. The first-order valence-corrected chi connectivity index (χ1v) is 9.62. The molecule has 2 N–H and O–H groups in total. The number of nitrogens with one attached hydrogen (secondary N) is 2. The molecule has 0 saturated heterocycles. The number of nitrogens with zero attached hydrogens (tertiary/aromatic N) is 2. The van der Waals surface area contributed by atoms with Gasteiger partial charge in [0.2, 0.25) is 0 Å². The molecule has 0 radical (unpaired) electrons. The molecule has 0 aliphatic carbocycles. The lowest BCUT2D eigenvalue weighted by molar-refractivity contribution is 0.101. The summed E-state index contributed by atoms with van der Waals surface area (Å²) in [5.74, 6) is -0.814. The van der Waals surface area contributed by atoms with Gasteiger partial charge >= 0.3 is 6.01 Å². The third kappa shape index (κ3) is 4.39. The molecule has 8 heteroatoms. The Balaban J connectivity index is 1.44. The van der Waals surface area contributed by atoms with Gasteiger partial charge in [-0.2, -0.15) is 4.98 Å². The molecule has 2 amide bonds. The summed E-state index contributed by atoms with van der Waals surface area (Å²) in [5.41, 5.74) is 2.89. The first-order chi connectivity index (χ1) is 14.1. The van der Waals surface area contributed by atoms with Crippen LogP contribution in [-0.2, 0) is 0 Å². The number of aromatic nitrogens is 2. The Kier molecular flexibility index (Phi) is 5.17. The fraction of sp³-hybridized carbons (Fsp3) is 0.0476. The molecule has 0 aliphatic heterocycles. The predicted octanol–water partition coefficient (Wildman–Crippen LogP) is 4.61. The number of hydrogen-bond acceptors (Lipinski definition) is 6. The number of hydrogen-bond donors (Lipinski definition) is 2. The molecule has 0 atom stereocenters. The van der Waals surface area contributed by atoms with E-state index in [4.69, 9.17) is 4.42 Å². The highest BCUT2D eigenvalue weighted by Crippen LogP contribution is 2.24. The fourth-order valence-electron chi connectivity index (χ4n) is 2.64. The fourth-order valence-corrected chi connectivity index (χ4v) is 3.26. The molecule has 144 valence electrons. The molecule has 2 heterocycles. The van der Waals surface area contributed by atoms with E-state index in [0.29, 0.717) is 11.3 Å². The summed E-state index contributed by atoms with van der Waals surface area (Å²) in [5, 5.41) is 8.24. The Bertz CT molecular complexity index is 1170. The number of carbonyl (C=O) groups excluding carboxylic acids is 2. The van der Waals surface area contributed by atoms with Crippen molar-refractivity contribution in [3.63, 3.8) is 0 Å².